The van der Waals surface area contributed by atoms with Crippen LogP contribution in [-0.4, -0.2) is 39.6 Å². The van der Waals surface area contributed by atoms with Gasteiger partial charge < -0.3 is 10.1 Å². The Kier molecular flexibility index (Phi) is 6.24. The van der Waals surface area contributed by atoms with Gasteiger partial charge in [0.2, 0.25) is 0 Å². The number of hydrogen-bond donors (Lipinski definition) is 1. The molecule has 0 aliphatic carbocycles. The van der Waals surface area contributed by atoms with Crippen LogP contribution in [0.3, 0.4) is 0 Å². The molecule has 0 saturated carbocycles. The van der Waals surface area contributed by atoms with Crippen molar-refractivity contribution in [3.05, 3.63) is 54.1 Å². The van der Waals surface area contributed by atoms with Crippen LogP contribution < -0.4 is 10.1 Å². The molecule has 10 heteroatoms. The van der Waals surface area contributed by atoms with Crippen LogP contribution in [-0.2, 0) is 14.9 Å². The monoisotopic (exact) mass is 386 g/mol. The molecule has 0 atom stereocenters. The van der Waals surface area contributed by atoms with Crippen LogP contribution in [0.2, 0.25) is 0 Å². The molecule has 2 aromatic carbocycles. The van der Waals surface area contributed by atoms with Crippen molar-refractivity contribution >= 4 is 21.6 Å². The van der Waals surface area contributed by atoms with Crippen molar-refractivity contribution in [2.45, 2.75) is 11.5 Å². The van der Waals surface area contributed by atoms with Gasteiger partial charge in [-0.05, 0) is 30.3 Å². The number of carbonyl (C=O) groups excluding carboxylic acids is 1. The maximum atomic E-state index is 12.4. The molecule has 2 aromatic rings. The van der Waals surface area contributed by atoms with E-state index in [1.807, 2.05) is 0 Å². The van der Waals surface area contributed by atoms with Crippen molar-refractivity contribution in [2.24, 2.45) is 0 Å². The Bertz CT molecular complexity index is 890. The van der Waals surface area contributed by atoms with Gasteiger partial charge in [-0.3, -0.25) is 9.63 Å². The molecule has 0 heterocycles. The number of nitrogens with one attached hydrogen (secondary N) is 1. The standard InChI is InChI=1S/C16H16F2N2O5S/c1-20(24-2)26(22,23)12-7-5-6-11(10-12)15(21)19-13-8-3-4-9-14(13)25-16(17)18/h3-10,16H,1-2H3,(H,19,21). The molecule has 0 saturated heterocycles. The summed E-state index contributed by atoms with van der Waals surface area (Å²) < 4.78 is 54.3. The third-order valence-corrected chi connectivity index (χ3v) is 5.02. The van der Waals surface area contributed by atoms with Gasteiger partial charge in [-0.1, -0.05) is 22.7 Å². The van der Waals surface area contributed by atoms with Crippen molar-refractivity contribution in [3.8, 4) is 5.75 Å². The van der Waals surface area contributed by atoms with E-state index in [0.717, 1.165) is 6.07 Å². The Labute approximate surface area is 149 Å². The SMILES string of the molecule is CON(C)S(=O)(=O)c1cccc(C(=O)Nc2ccccc2OC(F)F)c1. The van der Waals surface area contributed by atoms with E-state index >= 15 is 0 Å². The molecule has 0 bridgehead atoms. The van der Waals surface area contributed by atoms with Crippen molar-refractivity contribution in [1.82, 2.24) is 4.47 Å². The van der Waals surface area contributed by atoms with Crippen molar-refractivity contribution in [1.29, 1.82) is 0 Å². The molecule has 0 spiro atoms. The molecule has 0 aliphatic rings. The highest BCUT2D eigenvalue weighted by atomic mass is 32.2. The third-order valence-electron chi connectivity index (χ3n) is 3.34. The first-order chi connectivity index (χ1) is 12.3. The van der Waals surface area contributed by atoms with E-state index in [9.17, 15) is 22.0 Å². The number of ether oxygens (including phenoxy) is 1. The molecule has 26 heavy (non-hydrogen) atoms. The van der Waals surface area contributed by atoms with Gasteiger partial charge in [0.05, 0.1) is 17.7 Å². The molecule has 0 fully saturated rings. The molecule has 7 nitrogen and oxygen atoms in total. The topological polar surface area (TPSA) is 84.9 Å². The van der Waals surface area contributed by atoms with Gasteiger partial charge >= 0.3 is 6.61 Å². The molecule has 0 aliphatic heterocycles. The van der Waals surface area contributed by atoms with Crippen LogP contribution in [0.5, 0.6) is 5.75 Å². The van der Waals surface area contributed by atoms with Gasteiger partial charge in [0.1, 0.15) is 5.75 Å². The molecule has 140 valence electrons. The second kappa shape index (κ2) is 8.21. The maximum Gasteiger partial charge on any atom is 0.387 e. The smallest absolute Gasteiger partial charge is 0.387 e. The zero-order valence-electron chi connectivity index (χ0n) is 13.8. The Morgan fingerprint density at radius 2 is 1.85 bits per heavy atom. The minimum atomic E-state index is -3.93. The summed E-state index contributed by atoms with van der Waals surface area (Å²) in [6.07, 6.45) is 0. The van der Waals surface area contributed by atoms with Crippen molar-refractivity contribution in [3.63, 3.8) is 0 Å². The molecule has 0 unspecified atom stereocenters. The lowest BCUT2D eigenvalue weighted by Gasteiger charge is -2.15. The van der Waals surface area contributed by atoms with E-state index in [2.05, 4.69) is 14.9 Å². The number of para-hydroxylation sites is 2. The van der Waals surface area contributed by atoms with E-state index in [-0.39, 0.29) is 21.9 Å². The highest BCUT2D eigenvalue weighted by molar-refractivity contribution is 7.89. The lowest BCUT2D eigenvalue weighted by Crippen LogP contribution is -2.26. The summed E-state index contributed by atoms with van der Waals surface area (Å²) in [7, 11) is -1.54. The normalized spacial score (nSPS) is 11.6. The fourth-order valence-electron chi connectivity index (χ4n) is 2.01. The van der Waals surface area contributed by atoms with Gasteiger partial charge in [0, 0.05) is 12.6 Å². The van der Waals surface area contributed by atoms with Gasteiger partial charge in [-0.25, -0.2) is 8.42 Å². The fraction of sp³-hybridized carbons (Fsp3) is 0.188. The highest BCUT2D eigenvalue weighted by Crippen LogP contribution is 2.26. The summed E-state index contributed by atoms with van der Waals surface area (Å²) in [5, 5.41) is 2.42. The number of halogens is 2. The van der Waals surface area contributed by atoms with Crippen molar-refractivity contribution in [2.75, 3.05) is 19.5 Å². The summed E-state index contributed by atoms with van der Waals surface area (Å²) >= 11 is 0. The van der Waals surface area contributed by atoms with E-state index < -0.39 is 22.5 Å². The van der Waals surface area contributed by atoms with Gasteiger partial charge in [-0.2, -0.15) is 8.78 Å². The Balaban J connectivity index is 2.28. The van der Waals surface area contributed by atoms with Crippen LogP contribution in [0.4, 0.5) is 14.5 Å². The Morgan fingerprint density at radius 1 is 1.15 bits per heavy atom. The number of amides is 1. The number of hydroxylamine groups is 1. The van der Waals surface area contributed by atoms with Crippen LogP contribution in [0.25, 0.3) is 0 Å². The molecule has 2 rings (SSSR count). The molecule has 0 radical (unpaired) electrons. The molecule has 1 amide bonds. The summed E-state index contributed by atoms with van der Waals surface area (Å²) in [5.74, 6) is -0.897. The molecule has 1 N–H and O–H groups in total. The number of rotatable bonds is 7. The summed E-state index contributed by atoms with van der Waals surface area (Å²) in [4.78, 5) is 16.9. The average molecular weight is 386 g/mol. The number of alkyl halides is 2. The Morgan fingerprint density at radius 3 is 2.50 bits per heavy atom. The minimum Gasteiger partial charge on any atom is -0.433 e. The zero-order chi connectivity index (χ0) is 19.3. The van der Waals surface area contributed by atoms with Crippen LogP contribution >= 0.6 is 0 Å². The highest BCUT2D eigenvalue weighted by Gasteiger charge is 2.22. The lowest BCUT2D eigenvalue weighted by molar-refractivity contribution is -0.0493. The van der Waals surface area contributed by atoms with Gasteiger partial charge in [0.15, 0.2) is 0 Å². The summed E-state index contributed by atoms with van der Waals surface area (Å²) in [6, 6.07) is 10.9. The Hall–Kier alpha value is -2.56. The quantitative estimate of drug-likeness (QED) is 0.740. The number of hydrogen-bond acceptors (Lipinski definition) is 5. The van der Waals surface area contributed by atoms with E-state index in [1.165, 1.54) is 56.6 Å². The summed E-state index contributed by atoms with van der Waals surface area (Å²) in [5.41, 5.74) is 0.0440. The number of nitrogens with zero attached hydrogens (tertiary/aromatic N) is 1. The van der Waals surface area contributed by atoms with Gasteiger partial charge in [0.25, 0.3) is 15.9 Å². The molecule has 0 aromatic heterocycles. The minimum absolute atomic E-state index is 0.0161. The van der Waals surface area contributed by atoms with Crippen LogP contribution in [0.1, 0.15) is 10.4 Å². The fourth-order valence-corrected chi connectivity index (χ4v) is 3.03. The maximum absolute atomic E-state index is 12.4. The second-order valence-electron chi connectivity index (χ2n) is 4.95. The van der Waals surface area contributed by atoms with Crippen LogP contribution in [0, 0.1) is 0 Å². The third kappa shape index (κ3) is 4.54. The first-order valence-electron chi connectivity index (χ1n) is 7.24. The van der Waals surface area contributed by atoms with Crippen LogP contribution in [0.15, 0.2) is 53.4 Å². The van der Waals surface area contributed by atoms with E-state index in [1.54, 1.807) is 0 Å². The first-order valence-corrected chi connectivity index (χ1v) is 8.68. The first kappa shape index (κ1) is 19.8. The summed E-state index contributed by atoms with van der Waals surface area (Å²) in [6.45, 7) is -3.05. The number of carbonyl (C=O) groups is 1. The van der Waals surface area contributed by atoms with Crippen molar-refractivity contribution < 1.29 is 31.6 Å². The number of sulfonamides is 1. The average Bonchev–Trinajstić information content (AvgIpc) is 2.62. The largest absolute Gasteiger partial charge is 0.433 e. The molecular formula is C16H16F2N2O5S. The zero-order valence-corrected chi connectivity index (χ0v) is 14.7. The lowest BCUT2D eigenvalue weighted by atomic mass is 10.2. The van der Waals surface area contributed by atoms with E-state index in [0.29, 0.717) is 4.47 Å². The van der Waals surface area contributed by atoms with Gasteiger partial charge in [-0.15, -0.1) is 0 Å². The number of anilines is 1. The molecular weight excluding hydrogens is 370 g/mol. The second-order valence-corrected chi connectivity index (χ2v) is 6.89. The number of benzene rings is 2. The van der Waals surface area contributed by atoms with E-state index in [4.69, 9.17) is 0 Å². The predicted molar refractivity (Wildman–Crippen MR) is 89.4 cm³/mol. The predicted octanol–water partition coefficient (Wildman–Crippen LogP) is 2.72.